The van der Waals surface area contributed by atoms with Crippen LogP contribution in [0.1, 0.15) is 69.9 Å². The number of hydrogen-bond acceptors (Lipinski definition) is 2. The van der Waals surface area contributed by atoms with Gasteiger partial charge in [-0.25, -0.2) is 22.0 Å². The lowest BCUT2D eigenvalue weighted by Gasteiger charge is -2.33. The maximum Gasteiger partial charge on any atom is 0.214 e. The monoisotopic (exact) mass is 444 g/mol. The second-order valence-corrected chi connectivity index (χ2v) is 8.46. The van der Waals surface area contributed by atoms with Crippen molar-refractivity contribution in [3.05, 3.63) is 46.8 Å². The summed E-state index contributed by atoms with van der Waals surface area (Å²) in [6, 6.07) is 2.28. The quantitative estimate of drug-likeness (QED) is 0.407. The summed E-state index contributed by atoms with van der Waals surface area (Å²) in [6.45, 7) is 2.96. The van der Waals surface area contributed by atoms with Gasteiger partial charge < -0.3 is 9.47 Å². The average molecular weight is 444 g/mol. The summed E-state index contributed by atoms with van der Waals surface area (Å²) in [4.78, 5) is 0. The molecule has 2 nitrogen and oxygen atoms in total. The first-order valence-electron chi connectivity index (χ1n) is 10.9. The van der Waals surface area contributed by atoms with Crippen LogP contribution in [0.4, 0.5) is 22.0 Å². The Bertz CT molecular complexity index is 841. The van der Waals surface area contributed by atoms with Crippen molar-refractivity contribution in [3.8, 4) is 0 Å². The Morgan fingerprint density at radius 2 is 1.77 bits per heavy atom. The average Bonchev–Trinajstić information content (AvgIpc) is 2.76. The van der Waals surface area contributed by atoms with Gasteiger partial charge in [-0.15, -0.1) is 0 Å². The van der Waals surface area contributed by atoms with Crippen LogP contribution in [0.15, 0.2) is 24.0 Å². The van der Waals surface area contributed by atoms with Crippen LogP contribution in [0.2, 0.25) is 0 Å². The Balaban J connectivity index is 1.78. The highest BCUT2D eigenvalue weighted by atomic mass is 19.2. The second kappa shape index (κ2) is 10.3. The van der Waals surface area contributed by atoms with Crippen molar-refractivity contribution >= 4 is 11.4 Å². The van der Waals surface area contributed by atoms with Crippen LogP contribution in [0.5, 0.6) is 0 Å². The standard InChI is InChI=1S/C24H29F5O2/c1-3-5-15-6-8-16(9-7-15)17-10-11-18(20(26)19(17)25)21(27)22(28)23-30-13-24(29,12-4-2)14-31-23/h8,10-11,15,23H,3-7,9,12-14H2,1-2H3/b22-21+. The van der Waals surface area contributed by atoms with Crippen LogP contribution < -0.4 is 0 Å². The molecule has 1 saturated heterocycles. The van der Waals surface area contributed by atoms with E-state index >= 15 is 0 Å². The first-order chi connectivity index (χ1) is 14.8. The van der Waals surface area contributed by atoms with Gasteiger partial charge in [-0.1, -0.05) is 45.3 Å². The Morgan fingerprint density at radius 3 is 2.35 bits per heavy atom. The van der Waals surface area contributed by atoms with Crippen LogP contribution in [-0.2, 0) is 9.47 Å². The topological polar surface area (TPSA) is 18.5 Å². The summed E-state index contributed by atoms with van der Waals surface area (Å²) in [6.07, 6.45) is 5.24. The van der Waals surface area contributed by atoms with Crippen LogP contribution in [-0.4, -0.2) is 25.2 Å². The summed E-state index contributed by atoms with van der Waals surface area (Å²) >= 11 is 0. The summed E-state index contributed by atoms with van der Waals surface area (Å²) in [5.41, 5.74) is -1.88. The molecule has 172 valence electrons. The van der Waals surface area contributed by atoms with E-state index in [9.17, 15) is 22.0 Å². The van der Waals surface area contributed by atoms with E-state index in [0.717, 1.165) is 31.7 Å². The van der Waals surface area contributed by atoms with E-state index in [0.29, 0.717) is 24.3 Å². The van der Waals surface area contributed by atoms with E-state index in [1.807, 2.05) is 6.08 Å². The zero-order chi connectivity index (χ0) is 22.6. The third kappa shape index (κ3) is 5.37. The molecule has 1 atom stereocenters. The van der Waals surface area contributed by atoms with Crippen LogP contribution in [0.25, 0.3) is 11.4 Å². The van der Waals surface area contributed by atoms with E-state index in [1.54, 1.807) is 6.92 Å². The number of allylic oxidation sites excluding steroid dienone is 2. The summed E-state index contributed by atoms with van der Waals surface area (Å²) in [7, 11) is 0. The number of alkyl halides is 1. The van der Waals surface area contributed by atoms with Crippen LogP contribution in [0.3, 0.4) is 0 Å². The molecule has 7 heteroatoms. The second-order valence-electron chi connectivity index (χ2n) is 8.46. The zero-order valence-corrected chi connectivity index (χ0v) is 18.0. The van der Waals surface area contributed by atoms with E-state index in [1.165, 1.54) is 6.07 Å². The SMILES string of the molecule is CCCC1CC=C(c2ccc(/C(F)=C(\F)C3OCC(F)(CCC)CO3)c(F)c2F)CC1. The molecule has 1 aliphatic heterocycles. The molecule has 1 aromatic carbocycles. The van der Waals surface area contributed by atoms with Gasteiger partial charge in [-0.2, -0.15) is 0 Å². The lowest BCUT2D eigenvalue weighted by atomic mass is 9.84. The minimum atomic E-state index is -1.79. The van der Waals surface area contributed by atoms with Crippen molar-refractivity contribution in [2.24, 2.45) is 5.92 Å². The molecule has 1 fully saturated rings. The number of halogens is 5. The maximum absolute atomic E-state index is 14.7. The molecule has 2 aliphatic rings. The van der Waals surface area contributed by atoms with Gasteiger partial charge in [0.2, 0.25) is 6.29 Å². The fraction of sp³-hybridized carbons (Fsp3) is 0.583. The van der Waals surface area contributed by atoms with Gasteiger partial charge in [0.25, 0.3) is 0 Å². The molecule has 0 spiro atoms. The van der Waals surface area contributed by atoms with Crippen molar-refractivity contribution in [1.82, 2.24) is 0 Å². The highest BCUT2D eigenvalue weighted by Crippen LogP contribution is 2.37. The van der Waals surface area contributed by atoms with E-state index in [-0.39, 0.29) is 12.0 Å². The fourth-order valence-corrected chi connectivity index (χ4v) is 4.28. The van der Waals surface area contributed by atoms with Gasteiger partial charge in [-0.3, -0.25) is 0 Å². The van der Waals surface area contributed by atoms with E-state index in [2.05, 4.69) is 6.92 Å². The normalized spacial score (nSPS) is 27.6. The Morgan fingerprint density at radius 1 is 1.06 bits per heavy atom. The highest BCUT2D eigenvalue weighted by Gasteiger charge is 2.39. The highest BCUT2D eigenvalue weighted by molar-refractivity contribution is 5.70. The molecule has 0 aromatic heterocycles. The first-order valence-corrected chi connectivity index (χ1v) is 10.9. The van der Waals surface area contributed by atoms with Crippen LogP contribution >= 0.6 is 0 Å². The summed E-state index contributed by atoms with van der Waals surface area (Å²) in [5.74, 6) is -5.30. The molecule has 1 heterocycles. The molecular formula is C24H29F5O2. The van der Waals surface area contributed by atoms with Gasteiger partial charge in [0.1, 0.15) is 0 Å². The largest absolute Gasteiger partial charge is 0.343 e. The molecule has 0 saturated carbocycles. The van der Waals surface area contributed by atoms with Gasteiger partial charge in [0, 0.05) is 5.56 Å². The van der Waals surface area contributed by atoms with Gasteiger partial charge in [0.15, 0.2) is 29.0 Å². The number of benzene rings is 1. The lowest BCUT2D eigenvalue weighted by molar-refractivity contribution is -0.223. The number of ether oxygens (including phenoxy) is 2. The smallest absolute Gasteiger partial charge is 0.214 e. The molecule has 1 unspecified atom stereocenters. The Kier molecular flexibility index (Phi) is 7.92. The van der Waals surface area contributed by atoms with Crippen molar-refractivity contribution in [1.29, 1.82) is 0 Å². The molecule has 3 rings (SSSR count). The predicted molar refractivity (Wildman–Crippen MR) is 110 cm³/mol. The molecule has 31 heavy (non-hydrogen) atoms. The molecule has 0 bridgehead atoms. The Labute approximate surface area is 180 Å². The van der Waals surface area contributed by atoms with Crippen LogP contribution in [0, 0.1) is 17.6 Å². The van der Waals surface area contributed by atoms with E-state index in [4.69, 9.17) is 9.47 Å². The van der Waals surface area contributed by atoms with E-state index < -0.39 is 54.0 Å². The third-order valence-corrected chi connectivity index (χ3v) is 5.98. The molecule has 0 N–H and O–H groups in total. The zero-order valence-electron chi connectivity index (χ0n) is 18.0. The minimum Gasteiger partial charge on any atom is -0.343 e. The maximum atomic E-state index is 14.7. The predicted octanol–water partition coefficient (Wildman–Crippen LogP) is 7.44. The third-order valence-electron chi connectivity index (χ3n) is 5.98. The number of hydrogen-bond donors (Lipinski definition) is 0. The fourth-order valence-electron chi connectivity index (χ4n) is 4.28. The molecule has 0 radical (unpaired) electrons. The molecule has 0 amide bonds. The van der Waals surface area contributed by atoms with Gasteiger partial charge >= 0.3 is 0 Å². The van der Waals surface area contributed by atoms with Crippen molar-refractivity contribution < 1.29 is 31.4 Å². The molecule has 1 aliphatic carbocycles. The molecular weight excluding hydrogens is 415 g/mol. The van der Waals surface area contributed by atoms with Crippen molar-refractivity contribution in [2.45, 2.75) is 70.8 Å². The number of rotatable bonds is 7. The van der Waals surface area contributed by atoms with Crippen molar-refractivity contribution in [2.75, 3.05) is 13.2 Å². The Hall–Kier alpha value is -1.73. The van der Waals surface area contributed by atoms with Gasteiger partial charge in [-0.05, 0) is 43.2 Å². The summed E-state index contributed by atoms with van der Waals surface area (Å²) in [5, 5.41) is 0. The van der Waals surface area contributed by atoms with Gasteiger partial charge in [0.05, 0.1) is 18.8 Å². The van der Waals surface area contributed by atoms with Crippen molar-refractivity contribution in [3.63, 3.8) is 0 Å². The first kappa shape index (κ1) is 23.9. The minimum absolute atomic E-state index is 0.0661. The summed E-state index contributed by atoms with van der Waals surface area (Å²) < 4.78 is 82.8. The molecule has 1 aromatic rings. The lowest BCUT2D eigenvalue weighted by Crippen LogP contribution is -2.44.